The molecule has 1 aliphatic carbocycles. The summed E-state index contributed by atoms with van der Waals surface area (Å²) in [6, 6.07) is 8.47. The van der Waals surface area contributed by atoms with E-state index in [1.54, 1.807) is 0 Å². The number of benzene rings is 1. The molecule has 4 heteroatoms. The molecule has 0 spiro atoms. The number of aliphatic hydroxyl groups excluding tert-OH is 1. The van der Waals surface area contributed by atoms with Crippen LogP contribution in [-0.2, 0) is 13.0 Å². The topological polar surface area (TPSA) is 47.3 Å². The fourth-order valence-corrected chi connectivity index (χ4v) is 2.25. The summed E-state index contributed by atoms with van der Waals surface area (Å²) in [5.74, 6) is 0.847. The van der Waals surface area contributed by atoms with Crippen molar-refractivity contribution < 1.29 is 9.84 Å². The van der Waals surface area contributed by atoms with Gasteiger partial charge in [-0.3, -0.25) is 0 Å². The maximum absolute atomic E-state index is 9.05. The zero-order chi connectivity index (χ0) is 13.1. The Morgan fingerprint density at radius 2 is 2.16 bits per heavy atom. The maximum Gasteiger partial charge on any atom is 0.130 e. The lowest BCUT2D eigenvalue weighted by atomic mass is 10.1. The Labute approximate surface area is 112 Å². The van der Waals surface area contributed by atoms with Gasteiger partial charge in [-0.2, -0.15) is 0 Å². The zero-order valence-corrected chi connectivity index (χ0v) is 10.8. The summed E-state index contributed by atoms with van der Waals surface area (Å²) < 4.78 is 8.08. The zero-order valence-electron chi connectivity index (χ0n) is 10.8. The fraction of sp³-hybridized carbons (Fsp3) is 0.400. The summed E-state index contributed by atoms with van der Waals surface area (Å²) in [6.45, 7) is 0.666. The number of rotatable bonds is 6. The Hall–Kier alpha value is -1.81. The van der Waals surface area contributed by atoms with Gasteiger partial charge in [-0.15, -0.1) is 0 Å². The predicted molar refractivity (Wildman–Crippen MR) is 72.1 cm³/mol. The van der Waals surface area contributed by atoms with Crippen molar-refractivity contribution in [3.05, 3.63) is 48.0 Å². The van der Waals surface area contributed by atoms with Gasteiger partial charge in [-0.1, -0.05) is 18.2 Å². The quantitative estimate of drug-likeness (QED) is 0.865. The van der Waals surface area contributed by atoms with Crippen LogP contribution in [0.5, 0.6) is 5.75 Å². The van der Waals surface area contributed by atoms with Gasteiger partial charge in [0.05, 0.1) is 18.2 Å². The number of para-hydroxylation sites is 1. The molecule has 1 heterocycles. The molecule has 1 aromatic heterocycles. The largest absolute Gasteiger partial charge is 0.487 e. The Morgan fingerprint density at radius 3 is 2.95 bits per heavy atom. The first-order valence-corrected chi connectivity index (χ1v) is 6.71. The van der Waals surface area contributed by atoms with Crippen molar-refractivity contribution in [1.29, 1.82) is 0 Å². The van der Waals surface area contributed by atoms with Crippen molar-refractivity contribution in [3.8, 4) is 5.75 Å². The molecule has 4 nitrogen and oxygen atoms in total. The third-order valence-electron chi connectivity index (χ3n) is 3.42. The summed E-state index contributed by atoms with van der Waals surface area (Å²) in [6.07, 6.45) is 6.86. The van der Waals surface area contributed by atoms with Crippen molar-refractivity contribution in [2.75, 3.05) is 6.61 Å². The van der Waals surface area contributed by atoms with Gasteiger partial charge >= 0.3 is 0 Å². The van der Waals surface area contributed by atoms with E-state index < -0.39 is 0 Å². The number of hydrogen-bond acceptors (Lipinski definition) is 3. The minimum Gasteiger partial charge on any atom is -0.487 e. The lowest BCUT2D eigenvalue weighted by molar-refractivity contribution is 0.278. The van der Waals surface area contributed by atoms with Crippen LogP contribution in [0.1, 0.15) is 30.1 Å². The molecule has 0 aliphatic heterocycles. The molecule has 0 atom stereocenters. The van der Waals surface area contributed by atoms with E-state index in [2.05, 4.69) is 9.55 Å². The number of hydrogen-bond donors (Lipinski definition) is 1. The lowest BCUT2D eigenvalue weighted by Gasteiger charge is -2.12. The molecule has 1 saturated carbocycles. The van der Waals surface area contributed by atoms with Gasteiger partial charge in [0.1, 0.15) is 12.4 Å². The minimum atomic E-state index is 0.139. The highest BCUT2D eigenvalue weighted by molar-refractivity contribution is 5.33. The number of aromatic nitrogens is 2. The van der Waals surface area contributed by atoms with Crippen LogP contribution in [0.3, 0.4) is 0 Å². The van der Waals surface area contributed by atoms with E-state index in [1.807, 2.05) is 36.8 Å². The van der Waals surface area contributed by atoms with Crippen molar-refractivity contribution in [2.45, 2.75) is 31.9 Å². The van der Waals surface area contributed by atoms with E-state index in [0.717, 1.165) is 17.0 Å². The standard InChI is InChI=1S/C15H18N2O2/c18-8-7-12-3-1-2-4-15(12)19-10-14-9-16-11-17(14)13-5-6-13/h1-4,9,11,13,18H,5-8,10H2. The normalized spacial score (nSPS) is 14.6. The molecule has 1 aliphatic rings. The Bertz CT molecular complexity index is 547. The van der Waals surface area contributed by atoms with Crippen LogP contribution >= 0.6 is 0 Å². The molecular weight excluding hydrogens is 240 g/mol. The van der Waals surface area contributed by atoms with Gasteiger partial charge in [-0.25, -0.2) is 4.98 Å². The Balaban J connectivity index is 1.70. The van der Waals surface area contributed by atoms with E-state index in [1.165, 1.54) is 12.8 Å². The van der Waals surface area contributed by atoms with Crippen LogP contribution < -0.4 is 4.74 Å². The highest BCUT2D eigenvalue weighted by atomic mass is 16.5. The highest BCUT2D eigenvalue weighted by Gasteiger charge is 2.25. The van der Waals surface area contributed by atoms with Crippen LogP contribution in [0.15, 0.2) is 36.8 Å². The van der Waals surface area contributed by atoms with Gasteiger partial charge in [0, 0.05) is 12.6 Å². The van der Waals surface area contributed by atoms with E-state index >= 15 is 0 Å². The summed E-state index contributed by atoms with van der Waals surface area (Å²) in [5, 5.41) is 9.05. The second kappa shape index (κ2) is 5.45. The van der Waals surface area contributed by atoms with Crippen LogP contribution in [0.4, 0.5) is 0 Å². The molecule has 0 bridgehead atoms. The predicted octanol–water partition coefficient (Wildman–Crippen LogP) is 2.33. The van der Waals surface area contributed by atoms with Gasteiger partial charge in [0.2, 0.25) is 0 Å². The van der Waals surface area contributed by atoms with Gasteiger partial charge in [0.25, 0.3) is 0 Å². The van der Waals surface area contributed by atoms with Gasteiger partial charge in [-0.05, 0) is 30.9 Å². The fourth-order valence-electron chi connectivity index (χ4n) is 2.25. The minimum absolute atomic E-state index is 0.139. The van der Waals surface area contributed by atoms with Crippen LogP contribution in [-0.4, -0.2) is 21.3 Å². The molecule has 100 valence electrons. The molecule has 1 aromatic carbocycles. The van der Waals surface area contributed by atoms with Crippen molar-refractivity contribution in [1.82, 2.24) is 9.55 Å². The Kier molecular flexibility index (Phi) is 3.51. The molecule has 2 aromatic rings. The maximum atomic E-state index is 9.05. The first-order chi connectivity index (χ1) is 9.38. The van der Waals surface area contributed by atoms with E-state index in [4.69, 9.17) is 9.84 Å². The summed E-state index contributed by atoms with van der Waals surface area (Å²) in [5.41, 5.74) is 2.16. The summed E-state index contributed by atoms with van der Waals surface area (Å²) >= 11 is 0. The molecule has 0 radical (unpaired) electrons. The second-order valence-corrected chi connectivity index (χ2v) is 4.89. The van der Waals surface area contributed by atoms with E-state index in [9.17, 15) is 0 Å². The molecule has 3 rings (SSSR count). The number of nitrogens with zero attached hydrogens (tertiary/aromatic N) is 2. The molecule has 19 heavy (non-hydrogen) atoms. The van der Waals surface area contributed by atoms with E-state index in [-0.39, 0.29) is 6.61 Å². The first kappa shape index (κ1) is 12.2. The van der Waals surface area contributed by atoms with Crippen LogP contribution in [0.2, 0.25) is 0 Å². The number of aliphatic hydroxyl groups is 1. The van der Waals surface area contributed by atoms with Gasteiger partial charge in [0.15, 0.2) is 0 Å². The van der Waals surface area contributed by atoms with Crippen molar-refractivity contribution in [2.24, 2.45) is 0 Å². The molecule has 1 N–H and O–H groups in total. The molecule has 0 amide bonds. The molecule has 0 unspecified atom stereocenters. The lowest BCUT2D eigenvalue weighted by Crippen LogP contribution is -2.05. The third-order valence-corrected chi connectivity index (χ3v) is 3.42. The van der Waals surface area contributed by atoms with Crippen molar-refractivity contribution >= 4 is 0 Å². The monoisotopic (exact) mass is 258 g/mol. The molecule has 0 saturated heterocycles. The van der Waals surface area contributed by atoms with Crippen molar-refractivity contribution in [3.63, 3.8) is 0 Å². The Morgan fingerprint density at radius 1 is 1.32 bits per heavy atom. The van der Waals surface area contributed by atoms with Crippen LogP contribution in [0, 0.1) is 0 Å². The first-order valence-electron chi connectivity index (χ1n) is 6.71. The van der Waals surface area contributed by atoms with Crippen LogP contribution in [0.25, 0.3) is 0 Å². The molecule has 1 fully saturated rings. The SMILES string of the molecule is OCCc1ccccc1OCc1cncn1C1CC1. The summed E-state index contributed by atoms with van der Waals surface area (Å²) in [7, 11) is 0. The second-order valence-electron chi connectivity index (χ2n) is 4.89. The third kappa shape index (κ3) is 2.79. The number of ether oxygens (including phenoxy) is 1. The molecular formula is C15H18N2O2. The average Bonchev–Trinajstić information content (AvgIpc) is 3.17. The summed E-state index contributed by atoms with van der Waals surface area (Å²) in [4.78, 5) is 4.20. The average molecular weight is 258 g/mol. The van der Waals surface area contributed by atoms with Gasteiger partial charge < -0.3 is 14.4 Å². The number of imidazole rings is 1. The van der Waals surface area contributed by atoms with E-state index in [0.29, 0.717) is 19.1 Å². The smallest absolute Gasteiger partial charge is 0.130 e. The highest BCUT2D eigenvalue weighted by Crippen LogP contribution is 2.35.